The topological polar surface area (TPSA) is 532 Å². The Kier molecular flexibility index (Phi) is 24.9. The first-order chi connectivity index (χ1) is 46.5. The summed E-state index contributed by atoms with van der Waals surface area (Å²) in [5.74, 6) is -2.01. The number of fused-ring (bicyclic) bond motifs is 5. The fraction of sp³-hybridized carbons (Fsp3) is 0.955. The number of carbonyl (C=O) groups is 1. The lowest BCUT2D eigenvalue weighted by Crippen LogP contribution is -2.67. The average Bonchev–Trinajstić information content (AvgIpc) is 1.65. The van der Waals surface area contributed by atoms with Gasteiger partial charge in [-0.15, -0.1) is 0 Å². The molecule has 0 unspecified atom stereocenters. The van der Waals surface area contributed by atoms with Crippen molar-refractivity contribution in [3.63, 3.8) is 0 Å². The van der Waals surface area contributed by atoms with E-state index in [0.717, 1.165) is 5.57 Å². The summed E-state index contributed by atoms with van der Waals surface area (Å²) < 4.78 is 71.2. The van der Waals surface area contributed by atoms with Gasteiger partial charge in [-0.1, -0.05) is 39.3 Å². The molecule has 572 valence electrons. The van der Waals surface area contributed by atoms with Crippen LogP contribution in [0, 0.1) is 45.3 Å². The Morgan fingerprint density at radius 3 is 1.56 bits per heavy atom. The number of aliphatic hydroxyl groups is 20. The molecule has 6 heterocycles. The molecule has 99 heavy (non-hydrogen) atoms. The quantitative estimate of drug-likeness (QED) is 0.0289. The van der Waals surface area contributed by atoms with Gasteiger partial charge in [0.2, 0.25) is 6.29 Å². The molecule has 0 bridgehead atoms. The minimum Gasteiger partial charge on any atom is -0.431 e. The molecule has 10 fully saturated rings. The normalized spacial score (nSPS) is 53.2. The Morgan fingerprint density at radius 2 is 0.939 bits per heavy atom. The van der Waals surface area contributed by atoms with Crippen LogP contribution < -0.4 is 0 Å². The summed E-state index contributed by atoms with van der Waals surface area (Å²) in [7, 11) is 0. The predicted molar refractivity (Wildman–Crippen MR) is 330 cm³/mol. The zero-order valence-electron chi connectivity index (χ0n) is 57.1. The van der Waals surface area contributed by atoms with Gasteiger partial charge in [0.25, 0.3) is 0 Å². The van der Waals surface area contributed by atoms with E-state index in [1.165, 1.54) is 13.8 Å². The van der Waals surface area contributed by atoms with Gasteiger partial charge in [0.1, 0.15) is 134 Å². The lowest BCUT2D eigenvalue weighted by atomic mass is 9.35. The van der Waals surface area contributed by atoms with E-state index in [1.54, 1.807) is 0 Å². The van der Waals surface area contributed by atoms with Gasteiger partial charge in [0, 0.05) is 11.3 Å². The van der Waals surface area contributed by atoms with E-state index in [1.807, 2.05) is 26.8 Å². The molecule has 0 amide bonds. The largest absolute Gasteiger partial charge is 0.431 e. The van der Waals surface area contributed by atoms with E-state index >= 15 is 0 Å². The maximum atomic E-state index is 14.6. The zero-order valence-corrected chi connectivity index (χ0v) is 57.1. The van der Waals surface area contributed by atoms with E-state index in [0.29, 0.717) is 57.8 Å². The number of hydrogen-bond acceptors (Lipinski definition) is 33. The van der Waals surface area contributed by atoms with Crippen molar-refractivity contribution in [1.29, 1.82) is 0 Å². The van der Waals surface area contributed by atoms with Crippen LogP contribution in [-0.2, 0) is 61.6 Å². The molecule has 0 spiro atoms. The Hall–Kier alpha value is -2.03. The summed E-state index contributed by atoms with van der Waals surface area (Å²) >= 11 is 0. The van der Waals surface area contributed by atoms with Crippen LogP contribution in [0.25, 0.3) is 0 Å². The molecule has 6 aliphatic heterocycles. The van der Waals surface area contributed by atoms with Gasteiger partial charge < -0.3 is 159 Å². The summed E-state index contributed by atoms with van der Waals surface area (Å²) in [5, 5.41) is 221. The van der Waals surface area contributed by atoms with Crippen LogP contribution in [0.3, 0.4) is 0 Å². The minimum atomic E-state index is -2.09. The number of hydrogen-bond donors (Lipinski definition) is 20. The van der Waals surface area contributed by atoms with Crippen LogP contribution in [0.15, 0.2) is 11.6 Å². The van der Waals surface area contributed by atoms with Gasteiger partial charge in [0.15, 0.2) is 37.1 Å². The summed E-state index contributed by atoms with van der Waals surface area (Å²) in [5.41, 5.74) is -3.41. The van der Waals surface area contributed by atoms with Crippen molar-refractivity contribution in [2.24, 2.45) is 45.3 Å². The number of esters is 1. The van der Waals surface area contributed by atoms with Crippen molar-refractivity contribution < 1.29 is 164 Å². The Bertz CT molecular complexity index is 2700. The van der Waals surface area contributed by atoms with Gasteiger partial charge in [-0.2, -0.15) is 0 Å². The molecule has 6 saturated heterocycles. The van der Waals surface area contributed by atoms with Crippen molar-refractivity contribution in [1.82, 2.24) is 0 Å². The van der Waals surface area contributed by atoms with Gasteiger partial charge in [-0.05, 0) is 126 Å². The van der Waals surface area contributed by atoms with Crippen LogP contribution in [0.1, 0.15) is 120 Å². The van der Waals surface area contributed by atoms with Crippen molar-refractivity contribution in [2.75, 3.05) is 33.0 Å². The molecular weight excluding hydrogens is 1320 g/mol. The molecule has 0 aromatic rings. The molecule has 10 rings (SSSR count). The Labute approximate surface area is 573 Å². The third-order valence-electron chi connectivity index (χ3n) is 25.1. The Morgan fingerprint density at radius 1 is 0.465 bits per heavy atom. The minimum absolute atomic E-state index is 0.0240. The van der Waals surface area contributed by atoms with E-state index in [4.69, 9.17) is 56.8 Å². The number of rotatable bonds is 21. The van der Waals surface area contributed by atoms with E-state index < -0.39 is 251 Å². The highest BCUT2D eigenvalue weighted by atomic mass is 16.8. The lowest BCUT2D eigenvalue weighted by molar-refractivity contribution is -0.395. The van der Waals surface area contributed by atoms with Crippen molar-refractivity contribution in [3.8, 4) is 0 Å². The van der Waals surface area contributed by atoms with Gasteiger partial charge >= 0.3 is 5.97 Å². The lowest BCUT2D eigenvalue weighted by Gasteiger charge is -2.70. The second-order valence-electron chi connectivity index (χ2n) is 30.9. The number of allylic oxidation sites excluding steroid dienone is 2. The van der Waals surface area contributed by atoms with Crippen LogP contribution in [0.4, 0.5) is 0 Å². The standard InChI is InChI=1S/C66H110O33/c1-25(2)10-9-16-66(87,61(86)99-57-50(84)44(78)39(73)30(20-67)91-57)29-13-18-64(7)28(29)11-12-35-62(5)17-15-36(63(6,24-70)34(62)14-19-65(35,64)8)95-58-51(85)52(42(76)32(22-69)92-58)96-56-49(83)45(79)41(75)33(94-56)23-88-59-53(46(80)38(72)27(4)90-59)98-60-54(47(81)40(74)31(21-68)93-60)97-55-48(82)43(77)37(71)26(3)89-55/h10,26-60,67-85,87H,9,11-24H2,1-8H3/t26-,27-,28+,29-,30+,31+,32+,33+,34+,35+,36-,37-,38-,39+,40+,41+,42+,43+,44-,45-,46+,47-,48+,49+,50+,51+,52-,53+,54+,55-,56-,57-,58-,59+,60-,62-,63+,64+,65+,66-/m0/s1. The van der Waals surface area contributed by atoms with E-state index in [9.17, 15) is 107 Å². The summed E-state index contributed by atoms with van der Waals surface area (Å²) in [4.78, 5) is 14.6. The fourth-order valence-corrected chi connectivity index (χ4v) is 19.0. The smallest absolute Gasteiger partial charge is 0.340 e. The maximum absolute atomic E-state index is 14.6. The number of aliphatic hydroxyl groups excluding tert-OH is 19. The number of ether oxygens (including phenoxy) is 12. The summed E-state index contributed by atoms with van der Waals surface area (Å²) in [6, 6.07) is 0. The summed E-state index contributed by atoms with van der Waals surface area (Å²) in [6.07, 6.45) is -47.2. The van der Waals surface area contributed by atoms with Crippen LogP contribution in [0.2, 0.25) is 0 Å². The molecule has 4 saturated carbocycles. The van der Waals surface area contributed by atoms with Crippen molar-refractivity contribution in [3.05, 3.63) is 11.6 Å². The van der Waals surface area contributed by atoms with Gasteiger partial charge in [-0.25, -0.2) is 4.79 Å². The highest BCUT2D eigenvalue weighted by molar-refractivity contribution is 5.80. The van der Waals surface area contributed by atoms with Crippen LogP contribution in [0.5, 0.6) is 0 Å². The molecule has 40 atom stereocenters. The first-order valence-electron chi connectivity index (χ1n) is 34.9. The van der Waals surface area contributed by atoms with Crippen LogP contribution >= 0.6 is 0 Å². The third kappa shape index (κ3) is 14.4. The first-order valence-corrected chi connectivity index (χ1v) is 34.9. The molecule has 33 heteroatoms. The molecule has 0 radical (unpaired) electrons. The van der Waals surface area contributed by atoms with Gasteiger partial charge in [0.05, 0.1) is 51.3 Å². The van der Waals surface area contributed by atoms with E-state index in [-0.39, 0.29) is 36.2 Å². The molecule has 4 aliphatic carbocycles. The molecular formula is C66H110O33. The zero-order chi connectivity index (χ0) is 72.7. The second-order valence-corrected chi connectivity index (χ2v) is 30.9. The monoisotopic (exact) mass is 1430 g/mol. The molecule has 10 aliphatic rings. The van der Waals surface area contributed by atoms with E-state index in [2.05, 4.69) is 20.8 Å². The molecule has 20 N–H and O–H groups in total. The first kappa shape index (κ1) is 79.5. The average molecular weight is 1430 g/mol. The highest BCUT2D eigenvalue weighted by Crippen LogP contribution is 2.76. The molecule has 0 aromatic heterocycles. The molecule has 0 aromatic carbocycles. The van der Waals surface area contributed by atoms with Crippen LogP contribution in [-0.4, -0.2) is 337 Å². The Balaban J connectivity index is 0.818. The number of carbonyl (C=O) groups excluding carboxylic acids is 1. The maximum Gasteiger partial charge on any atom is 0.340 e. The third-order valence-corrected chi connectivity index (χ3v) is 25.1. The van der Waals surface area contributed by atoms with Crippen molar-refractivity contribution in [2.45, 2.75) is 316 Å². The fourth-order valence-electron chi connectivity index (χ4n) is 19.0. The second kappa shape index (κ2) is 31.0. The SMILES string of the molecule is CC(C)=CCC[C@@](O)(C(=O)O[C@@H]1O[C@H](CO)[C@@H](O)[C@H](O)[C@H]1O)[C@H]1CC[C@]2(C)[C@@H]1CC[C@@H]1[C@@]3(C)CC[C@H](O[C@@H]4O[C@H](CO)[C@@H](O)[C@H](O[C@@H]5O[C@H](CO[C@@H]6O[C@@H](C)[C@H](O)[C@@H](O)[C@H]6O[C@@H]6O[C@H](CO)[C@@H](O)[C@H](O)[C@H]6O[C@@H]6O[C@@H](C)[C@H](O)[C@@H](O)[C@H]6O)[C@@H](O)[C@H](O)[C@H]5O)[C@H]4O)[C@](C)(CO)[C@@H]3CC[C@]12C. The molecule has 33 nitrogen and oxygen atoms in total. The summed E-state index contributed by atoms with van der Waals surface area (Å²) in [6.45, 7) is 11.5. The predicted octanol–water partition coefficient (Wildman–Crippen LogP) is -6.00. The van der Waals surface area contributed by atoms with Gasteiger partial charge in [-0.3, -0.25) is 0 Å². The highest BCUT2D eigenvalue weighted by Gasteiger charge is 2.72. The van der Waals surface area contributed by atoms with Crippen molar-refractivity contribution >= 4 is 5.97 Å².